The molecule has 20 heavy (non-hydrogen) atoms. The van der Waals surface area contributed by atoms with Crippen LogP contribution in [0.5, 0.6) is 0 Å². The normalized spacial score (nSPS) is 11.7. The molecule has 4 heteroatoms. The molecular formula is C16H15NO3. The van der Waals surface area contributed by atoms with E-state index in [9.17, 15) is 9.59 Å². The third-order valence-corrected chi connectivity index (χ3v) is 3.19. The first-order chi connectivity index (χ1) is 9.63. The van der Waals surface area contributed by atoms with Gasteiger partial charge in [0.1, 0.15) is 0 Å². The maximum atomic E-state index is 12.3. The summed E-state index contributed by atoms with van der Waals surface area (Å²) in [5, 5.41) is 8.66. The van der Waals surface area contributed by atoms with E-state index in [-0.39, 0.29) is 5.78 Å². The Morgan fingerprint density at radius 2 is 1.65 bits per heavy atom. The zero-order valence-electron chi connectivity index (χ0n) is 11.0. The largest absolute Gasteiger partial charge is 0.289 e. The molecule has 0 aliphatic heterocycles. The highest BCUT2D eigenvalue weighted by Crippen LogP contribution is 2.18. The summed E-state index contributed by atoms with van der Waals surface area (Å²) in [6, 6.07) is 15.8. The third kappa shape index (κ3) is 2.92. The van der Waals surface area contributed by atoms with E-state index in [4.69, 9.17) is 5.21 Å². The van der Waals surface area contributed by atoms with Gasteiger partial charge in [0.15, 0.2) is 5.78 Å². The molecule has 2 N–H and O–H groups in total. The second-order valence-corrected chi connectivity index (χ2v) is 4.52. The van der Waals surface area contributed by atoms with E-state index in [2.05, 4.69) is 0 Å². The Hall–Kier alpha value is -2.46. The molecule has 1 atom stereocenters. The number of carbonyl (C=O) groups excluding carboxylic acids is 2. The summed E-state index contributed by atoms with van der Waals surface area (Å²) in [7, 11) is 0. The highest BCUT2D eigenvalue weighted by molar-refractivity contribution is 6.09. The van der Waals surface area contributed by atoms with Gasteiger partial charge in [-0.25, -0.2) is 5.48 Å². The molecule has 1 amide bonds. The Kier molecular flexibility index (Phi) is 4.27. The summed E-state index contributed by atoms with van der Waals surface area (Å²) in [6.07, 6.45) is 0. The van der Waals surface area contributed by atoms with Gasteiger partial charge < -0.3 is 0 Å². The number of nitrogens with one attached hydrogen (secondary N) is 1. The van der Waals surface area contributed by atoms with Crippen LogP contribution < -0.4 is 5.48 Å². The number of carbonyl (C=O) groups is 2. The van der Waals surface area contributed by atoms with Crippen LogP contribution in [0.2, 0.25) is 0 Å². The number of benzene rings is 2. The Balaban J connectivity index is 2.31. The SMILES string of the molecule is CC(C(=O)NO)c1cccc(C(=O)c2ccccc2)c1. The van der Waals surface area contributed by atoms with Crippen molar-refractivity contribution in [3.05, 3.63) is 71.3 Å². The molecule has 0 bridgehead atoms. The van der Waals surface area contributed by atoms with Crippen LogP contribution >= 0.6 is 0 Å². The minimum absolute atomic E-state index is 0.0935. The predicted molar refractivity (Wildman–Crippen MR) is 74.7 cm³/mol. The number of amides is 1. The summed E-state index contributed by atoms with van der Waals surface area (Å²) in [6.45, 7) is 1.66. The van der Waals surface area contributed by atoms with Crippen molar-refractivity contribution in [2.75, 3.05) is 0 Å². The van der Waals surface area contributed by atoms with Gasteiger partial charge in [-0.05, 0) is 18.6 Å². The van der Waals surface area contributed by atoms with Gasteiger partial charge >= 0.3 is 0 Å². The van der Waals surface area contributed by atoms with Crippen molar-refractivity contribution in [1.29, 1.82) is 0 Å². The second kappa shape index (κ2) is 6.12. The fraction of sp³-hybridized carbons (Fsp3) is 0.125. The lowest BCUT2D eigenvalue weighted by Crippen LogP contribution is -2.24. The number of ketones is 1. The molecule has 0 radical (unpaired) electrons. The minimum Gasteiger partial charge on any atom is -0.289 e. The zero-order chi connectivity index (χ0) is 14.5. The molecule has 0 aliphatic rings. The number of hydrogen-bond acceptors (Lipinski definition) is 3. The first kappa shape index (κ1) is 14.0. The van der Waals surface area contributed by atoms with Crippen LogP contribution in [0, 0.1) is 0 Å². The summed E-state index contributed by atoms with van der Waals surface area (Å²) >= 11 is 0. The summed E-state index contributed by atoms with van der Waals surface area (Å²) in [5.74, 6) is -1.12. The fourth-order valence-electron chi connectivity index (χ4n) is 1.95. The topological polar surface area (TPSA) is 66.4 Å². The molecule has 0 saturated heterocycles. The Bertz CT molecular complexity index is 623. The van der Waals surface area contributed by atoms with Crippen LogP contribution in [0.15, 0.2) is 54.6 Å². The molecule has 2 aromatic carbocycles. The molecule has 4 nitrogen and oxygen atoms in total. The van der Waals surface area contributed by atoms with Gasteiger partial charge in [0.2, 0.25) is 0 Å². The van der Waals surface area contributed by atoms with Crippen LogP contribution in [0.25, 0.3) is 0 Å². The highest BCUT2D eigenvalue weighted by atomic mass is 16.5. The fourth-order valence-corrected chi connectivity index (χ4v) is 1.95. The smallest absolute Gasteiger partial charge is 0.250 e. The first-order valence-corrected chi connectivity index (χ1v) is 6.27. The van der Waals surface area contributed by atoms with Gasteiger partial charge in [0.05, 0.1) is 5.92 Å². The first-order valence-electron chi connectivity index (χ1n) is 6.27. The van der Waals surface area contributed by atoms with Crippen molar-refractivity contribution in [1.82, 2.24) is 5.48 Å². The standard InChI is InChI=1S/C16H15NO3/c1-11(16(19)17-20)13-8-5-9-14(10-13)15(18)12-6-3-2-4-7-12/h2-11,20H,1H3,(H,17,19). The van der Waals surface area contributed by atoms with Gasteiger partial charge in [-0.1, -0.05) is 48.5 Å². The summed E-state index contributed by atoms with van der Waals surface area (Å²) in [4.78, 5) is 23.7. The number of hydroxylamine groups is 1. The minimum atomic E-state index is -0.525. The maximum absolute atomic E-state index is 12.3. The van der Waals surface area contributed by atoms with Gasteiger partial charge in [0.25, 0.3) is 5.91 Å². The average molecular weight is 269 g/mol. The highest BCUT2D eigenvalue weighted by Gasteiger charge is 2.16. The lowest BCUT2D eigenvalue weighted by molar-refractivity contribution is -0.130. The van der Waals surface area contributed by atoms with Gasteiger partial charge in [-0.3, -0.25) is 14.8 Å². The zero-order valence-corrected chi connectivity index (χ0v) is 11.0. The Labute approximate surface area is 117 Å². The molecule has 102 valence electrons. The molecule has 1 unspecified atom stereocenters. The van der Waals surface area contributed by atoms with E-state index in [1.165, 1.54) is 0 Å². The van der Waals surface area contributed by atoms with E-state index in [0.29, 0.717) is 16.7 Å². The van der Waals surface area contributed by atoms with Crippen molar-refractivity contribution < 1.29 is 14.8 Å². The van der Waals surface area contributed by atoms with Crippen molar-refractivity contribution in [3.63, 3.8) is 0 Å². The monoisotopic (exact) mass is 269 g/mol. The van der Waals surface area contributed by atoms with Crippen LogP contribution in [0.3, 0.4) is 0 Å². The molecule has 0 fully saturated rings. The second-order valence-electron chi connectivity index (χ2n) is 4.52. The quantitative estimate of drug-likeness (QED) is 0.509. The van der Waals surface area contributed by atoms with Crippen molar-refractivity contribution in [2.45, 2.75) is 12.8 Å². The molecule has 0 spiro atoms. The predicted octanol–water partition coefficient (Wildman–Crippen LogP) is 2.53. The number of hydrogen-bond donors (Lipinski definition) is 2. The maximum Gasteiger partial charge on any atom is 0.250 e. The van der Waals surface area contributed by atoms with Crippen molar-refractivity contribution in [2.24, 2.45) is 0 Å². The summed E-state index contributed by atoms with van der Waals surface area (Å²) in [5.41, 5.74) is 3.42. The average Bonchev–Trinajstić information content (AvgIpc) is 2.53. The van der Waals surface area contributed by atoms with Gasteiger partial charge in [-0.15, -0.1) is 0 Å². The molecule has 0 heterocycles. The Morgan fingerprint density at radius 1 is 1.00 bits per heavy atom. The molecular weight excluding hydrogens is 254 g/mol. The van der Waals surface area contributed by atoms with Crippen LogP contribution in [0.1, 0.15) is 34.3 Å². The van der Waals surface area contributed by atoms with E-state index in [0.717, 1.165) is 0 Å². The summed E-state index contributed by atoms with van der Waals surface area (Å²) < 4.78 is 0. The van der Waals surface area contributed by atoms with E-state index in [1.807, 2.05) is 6.07 Å². The third-order valence-electron chi connectivity index (χ3n) is 3.19. The van der Waals surface area contributed by atoms with Crippen molar-refractivity contribution >= 4 is 11.7 Å². The molecule has 2 rings (SSSR count). The molecule has 0 saturated carbocycles. The van der Waals surface area contributed by atoms with E-state index in [1.54, 1.807) is 60.9 Å². The van der Waals surface area contributed by atoms with Gasteiger partial charge in [-0.2, -0.15) is 0 Å². The lowest BCUT2D eigenvalue weighted by Gasteiger charge is -2.10. The van der Waals surface area contributed by atoms with Crippen LogP contribution in [0.4, 0.5) is 0 Å². The van der Waals surface area contributed by atoms with E-state index >= 15 is 0 Å². The lowest BCUT2D eigenvalue weighted by atomic mass is 9.95. The molecule has 2 aromatic rings. The van der Waals surface area contributed by atoms with Crippen LogP contribution in [-0.2, 0) is 4.79 Å². The van der Waals surface area contributed by atoms with Crippen molar-refractivity contribution in [3.8, 4) is 0 Å². The Morgan fingerprint density at radius 3 is 2.30 bits per heavy atom. The molecule has 0 aromatic heterocycles. The van der Waals surface area contributed by atoms with Crippen LogP contribution in [-0.4, -0.2) is 16.9 Å². The number of rotatable bonds is 4. The van der Waals surface area contributed by atoms with Gasteiger partial charge in [0, 0.05) is 11.1 Å². The molecule has 0 aliphatic carbocycles. The van der Waals surface area contributed by atoms with E-state index < -0.39 is 11.8 Å².